The number of nitrogens with one attached hydrogen (secondary N) is 1. The fourth-order valence-corrected chi connectivity index (χ4v) is 2.36. The molecule has 0 fully saturated rings. The van der Waals surface area contributed by atoms with Crippen LogP contribution in [-0.2, 0) is 14.8 Å². The minimum atomic E-state index is -4.15. The van der Waals surface area contributed by atoms with E-state index >= 15 is 0 Å². The Morgan fingerprint density at radius 2 is 2.14 bits per heavy atom. The van der Waals surface area contributed by atoms with Gasteiger partial charge in [0.25, 0.3) is 5.91 Å². The number of carbonyl (C=O) groups excluding carboxylic acids is 1. The molecule has 118 valence electrons. The van der Waals surface area contributed by atoms with E-state index in [-0.39, 0.29) is 18.2 Å². The Bertz CT molecular complexity index is 636. The van der Waals surface area contributed by atoms with Crippen LogP contribution in [0.3, 0.4) is 0 Å². The van der Waals surface area contributed by atoms with E-state index in [4.69, 9.17) is 21.5 Å². The van der Waals surface area contributed by atoms with Gasteiger partial charge in [-0.3, -0.25) is 4.79 Å². The van der Waals surface area contributed by atoms with Crippen LogP contribution >= 0.6 is 11.6 Å². The third-order valence-corrected chi connectivity index (χ3v) is 4.05. The molecule has 0 bridgehead atoms. The number of amides is 1. The Hall–Kier alpha value is -1.22. The Labute approximate surface area is 127 Å². The Morgan fingerprint density at radius 1 is 1.52 bits per heavy atom. The van der Waals surface area contributed by atoms with Crippen molar-refractivity contribution >= 4 is 27.5 Å². The van der Waals surface area contributed by atoms with Crippen molar-refractivity contribution in [3.8, 4) is 0 Å². The normalized spacial score (nSPS) is 13.0. The zero-order valence-corrected chi connectivity index (χ0v) is 13.1. The number of ether oxygens (including phenoxy) is 1. The van der Waals surface area contributed by atoms with Gasteiger partial charge in [-0.1, -0.05) is 18.5 Å². The molecule has 0 aliphatic heterocycles. The van der Waals surface area contributed by atoms with E-state index < -0.39 is 31.7 Å². The van der Waals surface area contributed by atoms with Crippen molar-refractivity contribution in [2.24, 2.45) is 5.14 Å². The number of carbonyl (C=O) groups is 1. The number of methoxy groups -OCH3 is 1. The molecule has 0 aliphatic carbocycles. The number of nitrogens with two attached hydrogens (primary N) is 1. The van der Waals surface area contributed by atoms with Gasteiger partial charge in [0, 0.05) is 7.11 Å². The second kappa shape index (κ2) is 7.17. The molecule has 1 atom stereocenters. The molecule has 0 spiro atoms. The first kappa shape index (κ1) is 17.8. The third kappa shape index (κ3) is 4.63. The molecule has 1 aromatic carbocycles. The summed E-state index contributed by atoms with van der Waals surface area (Å²) >= 11 is 5.71. The zero-order chi connectivity index (χ0) is 16.2. The maximum Gasteiger partial charge on any atom is 0.253 e. The summed E-state index contributed by atoms with van der Waals surface area (Å²) in [6.45, 7) is 2.09. The van der Waals surface area contributed by atoms with Gasteiger partial charge in [-0.05, 0) is 18.6 Å². The molecular weight excluding hydrogens is 323 g/mol. The average molecular weight is 339 g/mol. The smallest absolute Gasteiger partial charge is 0.253 e. The third-order valence-electron chi connectivity index (χ3n) is 2.77. The molecule has 0 aliphatic rings. The predicted molar refractivity (Wildman–Crippen MR) is 76.2 cm³/mol. The Morgan fingerprint density at radius 3 is 2.62 bits per heavy atom. The van der Waals surface area contributed by atoms with Crippen molar-refractivity contribution in [1.29, 1.82) is 0 Å². The molecule has 0 heterocycles. The van der Waals surface area contributed by atoms with Gasteiger partial charge in [0.05, 0.1) is 28.1 Å². The standard InChI is InChI=1S/C12H16ClFN2O4S/c1-3-7(6-20-2)16-12(17)9-4-8(21(15,18)19)5-10(14)11(9)13/h4-5,7H,3,6H2,1-2H3,(H,16,17)(H2,15,18,19). The molecule has 0 saturated heterocycles. The molecule has 1 aromatic rings. The number of sulfonamides is 1. The highest BCUT2D eigenvalue weighted by atomic mass is 35.5. The van der Waals surface area contributed by atoms with Gasteiger partial charge in [-0.15, -0.1) is 0 Å². The van der Waals surface area contributed by atoms with E-state index in [1.165, 1.54) is 7.11 Å². The van der Waals surface area contributed by atoms with Crippen LogP contribution in [0.15, 0.2) is 17.0 Å². The highest BCUT2D eigenvalue weighted by Crippen LogP contribution is 2.24. The maximum atomic E-state index is 13.6. The first-order valence-corrected chi connectivity index (χ1v) is 7.94. The Kier molecular flexibility index (Phi) is 6.09. The molecule has 6 nitrogen and oxygen atoms in total. The second-order valence-corrected chi connectivity index (χ2v) is 6.29. The van der Waals surface area contributed by atoms with Crippen LogP contribution < -0.4 is 10.5 Å². The van der Waals surface area contributed by atoms with Crippen molar-refractivity contribution in [2.45, 2.75) is 24.3 Å². The van der Waals surface area contributed by atoms with Crippen LogP contribution in [0.5, 0.6) is 0 Å². The largest absolute Gasteiger partial charge is 0.383 e. The molecule has 1 amide bonds. The average Bonchev–Trinajstić information content (AvgIpc) is 2.39. The first-order chi connectivity index (χ1) is 9.70. The highest BCUT2D eigenvalue weighted by molar-refractivity contribution is 7.89. The summed E-state index contributed by atoms with van der Waals surface area (Å²) in [6.07, 6.45) is 0.578. The van der Waals surface area contributed by atoms with E-state index in [9.17, 15) is 17.6 Å². The van der Waals surface area contributed by atoms with Gasteiger partial charge < -0.3 is 10.1 Å². The number of primary sulfonamides is 1. The SMILES string of the molecule is CCC(COC)NC(=O)c1cc(S(N)(=O)=O)cc(F)c1Cl. The Balaban J connectivity index is 3.17. The quantitative estimate of drug-likeness (QED) is 0.816. The number of benzene rings is 1. The lowest BCUT2D eigenvalue weighted by molar-refractivity contribution is 0.0894. The van der Waals surface area contributed by atoms with Crippen molar-refractivity contribution < 1.29 is 22.3 Å². The van der Waals surface area contributed by atoms with Crippen LogP contribution in [0.2, 0.25) is 5.02 Å². The highest BCUT2D eigenvalue weighted by Gasteiger charge is 2.21. The van der Waals surface area contributed by atoms with E-state index in [0.29, 0.717) is 12.5 Å². The van der Waals surface area contributed by atoms with Gasteiger partial charge in [-0.2, -0.15) is 0 Å². The molecule has 9 heteroatoms. The van der Waals surface area contributed by atoms with Crippen LogP contribution in [0.1, 0.15) is 23.7 Å². The van der Waals surface area contributed by atoms with E-state index in [2.05, 4.69) is 5.32 Å². The van der Waals surface area contributed by atoms with E-state index in [1.54, 1.807) is 0 Å². The second-order valence-electron chi connectivity index (χ2n) is 4.35. The molecule has 0 saturated carbocycles. The van der Waals surface area contributed by atoms with Crippen molar-refractivity contribution in [1.82, 2.24) is 5.32 Å². The molecule has 3 N–H and O–H groups in total. The minimum absolute atomic E-state index is 0.261. The lowest BCUT2D eigenvalue weighted by Gasteiger charge is -2.16. The van der Waals surface area contributed by atoms with Crippen molar-refractivity contribution in [2.75, 3.05) is 13.7 Å². The topological polar surface area (TPSA) is 98.5 Å². The fraction of sp³-hybridized carbons (Fsp3) is 0.417. The summed E-state index contributed by atoms with van der Waals surface area (Å²) in [4.78, 5) is 11.6. The van der Waals surface area contributed by atoms with Crippen molar-refractivity contribution in [3.63, 3.8) is 0 Å². The molecule has 1 rings (SSSR count). The number of hydrogen-bond acceptors (Lipinski definition) is 4. The molecule has 1 unspecified atom stereocenters. The summed E-state index contributed by atoms with van der Waals surface area (Å²) in [5.74, 6) is -1.73. The monoisotopic (exact) mass is 338 g/mol. The van der Waals surface area contributed by atoms with E-state index in [1.807, 2.05) is 6.92 Å². The van der Waals surface area contributed by atoms with Crippen LogP contribution in [-0.4, -0.2) is 34.1 Å². The number of hydrogen-bond donors (Lipinski definition) is 2. The van der Waals surface area contributed by atoms with Crippen LogP contribution in [0.4, 0.5) is 4.39 Å². The van der Waals surface area contributed by atoms with Gasteiger partial charge in [0.2, 0.25) is 10.0 Å². The summed E-state index contributed by atoms with van der Waals surface area (Å²) < 4.78 is 41.1. The predicted octanol–water partition coefficient (Wildman–Crippen LogP) is 1.28. The van der Waals surface area contributed by atoms with Gasteiger partial charge in [0.15, 0.2) is 0 Å². The minimum Gasteiger partial charge on any atom is -0.383 e. The van der Waals surface area contributed by atoms with Gasteiger partial charge in [0.1, 0.15) is 5.82 Å². The molecule has 0 radical (unpaired) electrons. The lowest BCUT2D eigenvalue weighted by Crippen LogP contribution is -2.37. The first-order valence-electron chi connectivity index (χ1n) is 6.02. The zero-order valence-electron chi connectivity index (χ0n) is 11.5. The number of rotatable bonds is 6. The van der Waals surface area contributed by atoms with Crippen molar-refractivity contribution in [3.05, 3.63) is 28.5 Å². The number of halogens is 2. The summed E-state index contributed by atoms with van der Waals surface area (Å²) in [7, 11) is -2.67. The van der Waals surface area contributed by atoms with Crippen LogP contribution in [0.25, 0.3) is 0 Å². The van der Waals surface area contributed by atoms with Gasteiger partial charge in [-0.25, -0.2) is 17.9 Å². The molecule has 0 aromatic heterocycles. The van der Waals surface area contributed by atoms with Crippen LogP contribution in [0, 0.1) is 5.82 Å². The van der Waals surface area contributed by atoms with E-state index in [0.717, 1.165) is 6.07 Å². The maximum absolute atomic E-state index is 13.6. The summed E-state index contributed by atoms with van der Waals surface area (Å²) in [5.41, 5.74) is -0.296. The summed E-state index contributed by atoms with van der Waals surface area (Å²) in [5, 5.41) is 7.04. The molecular formula is C12H16ClFN2O4S. The fourth-order valence-electron chi connectivity index (χ4n) is 1.62. The molecule has 21 heavy (non-hydrogen) atoms. The summed E-state index contributed by atoms with van der Waals surface area (Å²) in [6, 6.07) is 1.30. The lowest BCUT2D eigenvalue weighted by atomic mass is 10.1. The van der Waals surface area contributed by atoms with Gasteiger partial charge >= 0.3 is 0 Å².